The fourth-order valence-corrected chi connectivity index (χ4v) is 5.51. The van der Waals surface area contributed by atoms with Crippen LogP contribution in [0.15, 0.2) is 94.4 Å². The van der Waals surface area contributed by atoms with E-state index in [4.69, 9.17) is 11.6 Å². The van der Waals surface area contributed by atoms with Crippen molar-refractivity contribution in [1.29, 1.82) is 0 Å². The second kappa shape index (κ2) is 10.3. The van der Waals surface area contributed by atoms with E-state index in [2.05, 4.69) is 34.1 Å². The molecule has 2 aliphatic rings. The van der Waals surface area contributed by atoms with Crippen molar-refractivity contribution in [3.8, 4) is 0 Å². The number of carbonyl (C=O) groups is 2. The molecule has 1 saturated heterocycles. The summed E-state index contributed by atoms with van der Waals surface area (Å²) in [5, 5.41) is 0.633. The zero-order valence-electron chi connectivity index (χ0n) is 19.5. The van der Waals surface area contributed by atoms with Crippen LogP contribution in [-0.4, -0.2) is 47.8 Å². The molecule has 0 aliphatic carbocycles. The smallest absolute Gasteiger partial charge is 0.283 e. The summed E-state index contributed by atoms with van der Waals surface area (Å²) in [6, 6.07) is 25.2. The molecule has 0 spiro atoms. The topological polar surface area (TPSA) is 43.9 Å². The summed E-state index contributed by atoms with van der Waals surface area (Å²) in [5.41, 5.74) is 3.44. The fourth-order valence-electron chi connectivity index (χ4n) is 4.39. The molecule has 0 atom stereocenters. The van der Waals surface area contributed by atoms with Crippen LogP contribution in [0.3, 0.4) is 0 Å². The lowest BCUT2D eigenvalue weighted by molar-refractivity contribution is -0.121. The standard InChI is InChI=1S/C28H26ClN3O2S/c1-20-7-11-23(12-8-20)32-27(33)25(26(28(32)34)35-24-13-9-22(29)10-14-24)31-17-15-30(16-18-31)19-21-5-3-2-4-6-21/h2-14H,15-19H2,1H3. The van der Waals surface area contributed by atoms with Gasteiger partial charge < -0.3 is 4.90 Å². The van der Waals surface area contributed by atoms with Gasteiger partial charge in [-0.25, -0.2) is 4.90 Å². The quantitative estimate of drug-likeness (QED) is 0.425. The number of nitrogens with zero attached hydrogens (tertiary/aromatic N) is 3. The van der Waals surface area contributed by atoms with E-state index in [1.807, 2.05) is 49.4 Å². The zero-order valence-corrected chi connectivity index (χ0v) is 21.1. The Morgan fingerprint density at radius 3 is 2.11 bits per heavy atom. The third-order valence-corrected chi connectivity index (χ3v) is 7.61. The predicted molar refractivity (Wildman–Crippen MR) is 141 cm³/mol. The number of amides is 2. The molecule has 0 N–H and O–H groups in total. The Bertz CT molecular complexity index is 1250. The molecule has 178 valence electrons. The largest absolute Gasteiger partial charge is 0.363 e. The number of thioether (sulfide) groups is 1. The highest BCUT2D eigenvalue weighted by Crippen LogP contribution is 2.39. The minimum Gasteiger partial charge on any atom is -0.363 e. The number of benzene rings is 3. The maximum absolute atomic E-state index is 13.7. The molecule has 1 fully saturated rings. The summed E-state index contributed by atoms with van der Waals surface area (Å²) in [6.07, 6.45) is 0. The van der Waals surface area contributed by atoms with Crippen molar-refractivity contribution in [1.82, 2.24) is 9.80 Å². The number of piperazine rings is 1. The number of carbonyl (C=O) groups excluding carboxylic acids is 2. The summed E-state index contributed by atoms with van der Waals surface area (Å²) in [7, 11) is 0. The van der Waals surface area contributed by atoms with E-state index in [1.54, 1.807) is 12.1 Å². The Morgan fingerprint density at radius 2 is 1.46 bits per heavy atom. The number of imide groups is 1. The molecular formula is C28H26ClN3O2S. The maximum Gasteiger partial charge on any atom is 0.283 e. The first kappa shape index (κ1) is 23.7. The molecule has 3 aromatic carbocycles. The van der Waals surface area contributed by atoms with Gasteiger partial charge in [0, 0.05) is 42.6 Å². The van der Waals surface area contributed by atoms with E-state index in [9.17, 15) is 9.59 Å². The Kier molecular flexibility index (Phi) is 6.95. The third kappa shape index (κ3) is 5.15. The molecule has 0 bridgehead atoms. The summed E-state index contributed by atoms with van der Waals surface area (Å²) in [5.74, 6) is -0.535. The Labute approximate surface area is 215 Å². The van der Waals surface area contributed by atoms with Crippen LogP contribution in [-0.2, 0) is 16.1 Å². The maximum atomic E-state index is 13.7. The van der Waals surface area contributed by atoms with Crippen molar-refractivity contribution < 1.29 is 9.59 Å². The van der Waals surface area contributed by atoms with Gasteiger partial charge in [-0.15, -0.1) is 0 Å². The number of aryl methyl sites for hydroxylation is 1. The molecule has 7 heteroatoms. The lowest BCUT2D eigenvalue weighted by atomic mass is 10.2. The zero-order chi connectivity index (χ0) is 24.4. The molecule has 5 rings (SSSR count). The molecule has 3 aromatic rings. The summed E-state index contributed by atoms with van der Waals surface area (Å²) in [4.78, 5) is 34.4. The van der Waals surface area contributed by atoms with Gasteiger partial charge in [0.15, 0.2) is 0 Å². The highest BCUT2D eigenvalue weighted by molar-refractivity contribution is 8.04. The van der Waals surface area contributed by atoms with E-state index in [1.165, 1.54) is 22.2 Å². The minimum absolute atomic E-state index is 0.258. The van der Waals surface area contributed by atoms with Crippen LogP contribution in [0.4, 0.5) is 5.69 Å². The SMILES string of the molecule is Cc1ccc(N2C(=O)C(Sc3ccc(Cl)cc3)=C(N3CCN(Cc4ccccc4)CC3)C2=O)cc1. The number of halogens is 1. The lowest BCUT2D eigenvalue weighted by Gasteiger charge is -2.36. The van der Waals surface area contributed by atoms with Crippen LogP contribution < -0.4 is 4.90 Å². The highest BCUT2D eigenvalue weighted by atomic mass is 35.5. The van der Waals surface area contributed by atoms with Gasteiger partial charge in [-0.1, -0.05) is 71.4 Å². The number of rotatable bonds is 6. The van der Waals surface area contributed by atoms with E-state index >= 15 is 0 Å². The first-order chi connectivity index (χ1) is 17.0. The van der Waals surface area contributed by atoms with Gasteiger partial charge in [-0.3, -0.25) is 14.5 Å². The van der Waals surface area contributed by atoms with Crippen molar-refractivity contribution in [2.75, 3.05) is 31.1 Å². The van der Waals surface area contributed by atoms with Crippen molar-refractivity contribution in [3.63, 3.8) is 0 Å². The minimum atomic E-state index is -0.277. The van der Waals surface area contributed by atoms with E-state index in [0.717, 1.165) is 30.1 Å². The molecule has 2 heterocycles. The molecule has 0 unspecified atom stereocenters. The molecular weight excluding hydrogens is 478 g/mol. The van der Waals surface area contributed by atoms with Crippen LogP contribution in [0.25, 0.3) is 0 Å². The van der Waals surface area contributed by atoms with Gasteiger partial charge in [0.1, 0.15) is 10.6 Å². The van der Waals surface area contributed by atoms with Crippen molar-refractivity contribution in [3.05, 3.63) is 106 Å². The van der Waals surface area contributed by atoms with Crippen LogP contribution in [0, 0.1) is 6.92 Å². The third-order valence-electron chi connectivity index (χ3n) is 6.28. The molecule has 0 saturated carbocycles. The van der Waals surface area contributed by atoms with Gasteiger partial charge >= 0.3 is 0 Å². The van der Waals surface area contributed by atoms with E-state index in [-0.39, 0.29) is 11.8 Å². The monoisotopic (exact) mass is 503 g/mol. The normalized spacial score (nSPS) is 17.0. The van der Waals surface area contributed by atoms with Crippen LogP contribution in [0.1, 0.15) is 11.1 Å². The number of anilines is 1. The van der Waals surface area contributed by atoms with Gasteiger partial charge in [0.25, 0.3) is 11.8 Å². The van der Waals surface area contributed by atoms with Crippen LogP contribution >= 0.6 is 23.4 Å². The van der Waals surface area contributed by atoms with Crippen LogP contribution in [0.5, 0.6) is 0 Å². The highest BCUT2D eigenvalue weighted by Gasteiger charge is 2.43. The first-order valence-electron chi connectivity index (χ1n) is 11.6. The molecule has 5 nitrogen and oxygen atoms in total. The number of hydrogen-bond acceptors (Lipinski definition) is 5. The Hall–Kier alpha value is -3.06. The molecule has 2 aliphatic heterocycles. The fraction of sp³-hybridized carbons (Fsp3) is 0.214. The summed E-state index contributed by atoms with van der Waals surface area (Å²) in [6.45, 7) is 5.88. The molecule has 2 amide bonds. The average Bonchev–Trinajstić information content (AvgIpc) is 3.11. The Balaban J connectivity index is 1.40. The second-order valence-electron chi connectivity index (χ2n) is 8.76. The summed E-state index contributed by atoms with van der Waals surface area (Å²) < 4.78 is 0. The molecule has 35 heavy (non-hydrogen) atoms. The van der Waals surface area contributed by atoms with Gasteiger partial charge in [0.2, 0.25) is 0 Å². The van der Waals surface area contributed by atoms with Crippen molar-refractivity contribution in [2.45, 2.75) is 18.4 Å². The predicted octanol–water partition coefficient (Wildman–Crippen LogP) is 5.34. The van der Waals surface area contributed by atoms with E-state index < -0.39 is 0 Å². The second-order valence-corrected chi connectivity index (χ2v) is 10.3. The molecule has 0 aromatic heterocycles. The Morgan fingerprint density at radius 1 is 0.800 bits per heavy atom. The average molecular weight is 504 g/mol. The first-order valence-corrected chi connectivity index (χ1v) is 12.8. The van der Waals surface area contributed by atoms with Gasteiger partial charge in [-0.05, 0) is 48.9 Å². The summed E-state index contributed by atoms with van der Waals surface area (Å²) >= 11 is 7.39. The van der Waals surface area contributed by atoms with Crippen molar-refractivity contribution in [2.24, 2.45) is 0 Å². The lowest BCUT2D eigenvalue weighted by Crippen LogP contribution is -2.47. The number of hydrogen-bond donors (Lipinski definition) is 0. The van der Waals surface area contributed by atoms with Gasteiger partial charge in [0.05, 0.1) is 5.69 Å². The van der Waals surface area contributed by atoms with Crippen molar-refractivity contribution >= 4 is 40.9 Å². The van der Waals surface area contributed by atoms with E-state index in [0.29, 0.717) is 34.4 Å². The molecule has 0 radical (unpaired) electrons. The van der Waals surface area contributed by atoms with Gasteiger partial charge in [-0.2, -0.15) is 0 Å². The van der Waals surface area contributed by atoms with Crippen LogP contribution in [0.2, 0.25) is 5.02 Å².